The van der Waals surface area contributed by atoms with E-state index in [0.717, 1.165) is 38.2 Å². The molecular formula is C25H23FN2O5S. The van der Waals surface area contributed by atoms with Crippen molar-refractivity contribution < 1.29 is 27.1 Å². The topological polar surface area (TPSA) is 93.7 Å². The quantitative estimate of drug-likeness (QED) is 0.514. The van der Waals surface area contributed by atoms with Crippen LogP contribution in [0.4, 0.5) is 15.8 Å². The number of carbonyl (C=O) groups excluding carboxylic acids is 1. The first kappa shape index (κ1) is 22.2. The van der Waals surface area contributed by atoms with Crippen molar-refractivity contribution in [2.24, 2.45) is 0 Å². The van der Waals surface area contributed by atoms with Crippen molar-refractivity contribution in [1.82, 2.24) is 0 Å². The molecule has 1 fully saturated rings. The third-order valence-corrected chi connectivity index (χ3v) is 7.30. The predicted molar refractivity (Wildman–Crippen MR) is 125 cm³/mol. The Morgan fingerprint density at radius 3 is 2.44 bits per heavy atom. The van der Waals surface area contributed by atoms with Crippen LogP contribution in [0.5, 0.6) is 11.5 Å². The van der Waals surface area contributed by atoms with Gasteiger partial charge < -0.3 is 14.8 Å². The van der Waals surface area contributed by atoms with Gasteiger partial charge in [-0.3, -0.25) is 9.52 Å². The summed E-state index contributed by atoms with van der Waals surface area (Å²) in [6, 6.07) is 16.2. The number of benzene rings is 3. The summed E-state index contributed by atoms with van der Waals surface area (Å²) in [7, 11) is -4.10. The zero-order chi connectivity index (χ0) is 23.8. The molecule has 1 amide bonds. The number of halogens is 1. The first-order valence-electron chi connectivity index (χ1n) is 11.0. The van der Waals surface area contributed by atoms with Crippen LogP contribution in [-0.2, 0) is 10.0 Å². The van der Waals surface area contributed by atoms with Gasteiger partial charge in [0.1, 0.15) is 5.82 Å². The highest BCUT2D eigenvalue weighted by Crippen LogP contribution is 2.46. The number of anilines is 2. The van der Waals surface area contributed by atoms with E-state index in [1.54, 1.807) is 18.2 Å². The molecule has 0 aromatic heterocycles. The number of fused-ring (bicyclic) bond motifs is 1. The molecule has 3 aromatic carbocycles. The summed E-state index contributed by atoms with van der Waals surface area (Å²) in [6.45, 7) is 0. The highest BCUT2D eigenvalue weighted by atomic mass is 32.2. The zero-order valence-corrected chi connectivity index (χ0v) is 19.0. The van der Waals surface area contributed by atoms with Crippen molar-refractivity contribution in [2.75, 3.05) is 10.0 Å². The number of carbonyl (C=O) groups is 1. The minimum atomic E-state index is -4.10. The third kappa shape index (κ3) is 4.43. The van der Waals surface area contributed by atoms with Crippen LogP contribution in [0, 0.1) is 5.82 Å². The number of hydrogen-bond acceptors (Lipinski definition) is 5. The number of ether oxygens (including phenoxy) is 2. The van der Waals surface area contributed by atoms with E-state index >= 15 is 0 Å². The van der Waals surface area contributed by atoms with Crippen LogP contribution in [0.2, 0.25) is 0 Å². The molecule has 0 saturated heterocycles. The lowest BCUT2D eigenvalue weighted by atomic mass is 9.94. The maximum Gasteiger partial charge on any atom is 0.262 e. The van der Waals surface area contributed by atoms with E-state index in [-0.39, 0.29) is 16.1 Å². The molecule has 34 heavy (non-hydrogen) atoms. The Hall–Kier alpha value is -3.59. The molecule has 1 aliphatic carbocycles. The number of rotatable bonds is 5. The van der Waals surface area contributed by atoms with Gasteiger partial charge in [0.05, 0.1) is 10.6 Å². The Labute approximate surface area is 197 Å². The van der Waals surface area contributed by atoms with Gasteiger partial charge in [-0.2, -0.15) is 0 Å². The van der Waals surface area contributed by atoms with Crippen molar-refractivity contribution in [2.45, 2.75) is 42.8 Å². The van der Waals surface area contributed by atoms with Crippen LogP contribution in [0.1, 0.15) is 42.5 Å². The van der Waals surface area contributed by atoms with Gasteiger partial charge in [-0.05, 0) is 55.3 Å². The van der Waals surface area contributed by atoms with E-state index in [4.69, 9.17) is 9.47 Å². The van der Waals surface area contributed by atoms with Gasteiger partial charge in [-0.1, -0.05) is 24.6 Å². The van der Waals surface area contributed by atoms with E-state index in [9.17, 15) is 17.6 Å². The average molecular weight is 483 g/mol. The molecule has 1 saturated carbocycles. The van der Waals surface area contributed by atoms with Gasteiger partial charge in [0, 0.05) is 30.2 Å². The molecule has 0 bridgehead atoms. The molecule has 176 valence electrons. The second kappa shape index (κ2) is 8.64. The molecule has 1 spiro atoms. The molecule has 1 heterocycles. The number of amides is 1. The van der Waals surface area contributed by atoms with Gasteiger partial charge in [-0.25, -0.2) is 12.8 Å². The number of sulfonamides is 1. The second-order valence-corrected chi connectivity index (χ2v) is 10.1. The largest absolute Gasteiger partial charge is 0.448 e. The van der Waals surface area contributed by atoms with Crippen molar-refractivity contribution >= 4 is 27.3 Å². The Kier molecular flexibility index (Phi) is 5.65. The molecule has 0 atom stereocenters. The predicted octanol–water partition coefficient (Wildman–Crippen LogP) is 5.31. The normalized spacial score (nSPS) is 16.3. The first-order chi connectivity index (χ1) is 16.3. The van der Waals surface area contributed by atoms with Crippen molar-refractivity contribution in [3.63, 3.8) is 0 Å². The van der Waals surface area contributed by atoms with Gasteiger partial charge in [0.25, 0.3) is 21.7 Å². The summed E-state index contributed by atoms with van der Waals surface area (Å²) < 4.78 is 53.7. The molecule has 1 aliphatic heterocycles. The minimum absolute atomic E-state index is 0.137. The molecule has 3 aromatic rings. The fraction of sp³-hybridized carbons (Fsp3) is 0.240. The van der Waals surface area contributed by atoms with Crippen molar-refractivity contribution in [1.29, 1.82) is 0 Å². The van der Waals surface area contributed by atoms with Gasteiger partial charge in [0.15, 0.2) is 11.5 Å². The van der Waals surface area contributed by atoms with Crippen LogP contribution in [0.25, 0.3) is 0 Å². The fourth-order valence-electron chi connectivity index (χ4n) is 4.22. The summed E-state index contributed by atoms with van der Waals surface area (Å²) in [6.07, 6.45) is 4.90. The molecular weight excluding hydrogens is 459 g/mol. The van der Waals surface area contributed by atoms with Crippen LogP contribution in [-0.4, -0.2) is 20.1 Å². The van der Waals surface area contributed by atoms with Crippen LogP contribution in [0.3, 0.4) is 0 Å². The number of hydrogen-bond donors (Lipinski definition) is 2. The molecule has 9 heteroatoms. The van der Waals surface area contributed by atoms with Gasteiger partial charge in [0.2, 0.25) is 0 Å². The molecule has 0 radical (unpaired) electrons. The van der Waals surface area contributed by atoms with Crippen molar-refractivity contribution in [3.8, 4) is 11.5 Å². The number of nitrogens with one attached hydrogen (secondary N) is 2. The van der Waals surface area contributed by atoms with E-state index in [1.165, 1.54) is 42.5 Å². The SMILES string of the molecule is O=C(Nc1ccc2c(c1)OC1(CCCCC1)O2)c1cccc(S(=O)(=O)Nc2ccccc2F)c1. The lowest BCUT2D eigenvalue weighted by molar-refractivity contribution is -0.105. The Morgan fingerprint density at radius 1 is 0.882 bits per heavy atom. The summed E-state index contributed by atoms with van der Waals surface area (Å²) in [4.78, 5) is 12.7. The molecule has 0 unspecified atom stereocenters. The highest BCUT2D eigenvalue weighted by Gasteiger charge is 2.42. The lowest BCUT2D eigenvalue weighted by Gasteiger charge is -2.31. The Balaban J connectivity index is 1.31. The molecule has 2 aliphatic rings. The zero-order valence-electron chi connectivity index (χ0n) is 18.2. The maximum absolute atomic E-state index is 13.9. The smallest absolute Gasteiger partial charge is 0.262 e. The lowest BCUT2D eigenvalue weighted by Crippen LogP contribution is -2.40. The monoisotopic (exact) mass is 482 g/mol. The third-order valence-electron chi connectivity index (χ3n) is 5.93. The van der Waals surface area contributed by atoms with E-state index < -0.39 is 27.5 Å². The Bertz CT molecular complexity index is 1350. The van der Waals surface area contributed by atoms with E-state index in [0.29, 0.717) is 17.2 Å². The molecule has 7 nitrogen and oxygen atoms in total. The van der Waals surface area contributed by atoms with Gasteiger partial charge >= 0.3 is 0 Å². The summed E-state index contributed by atoms with van der Waals surface area (Å²) in [5, 5.41) is 2.77. The first-order valence-corrected chi connectivity index (χ1v) is 12.5. The molecule has 2 N–H and O–H groups in total. The van der Waals surface area contributed by atoms with Crippen LogP contribution >= 0.6 is 0 Å². The molecule has 5 rings (SSSR count). The van der Waals surface area contributed by atoms with E-state index in [2.05, 4.69) is 10.0 Å². The fourth-order valence-corrected chi connectivity index (χ4v) is 5.33. The van der Waals surface area contributed by atoms with E-state index in [1.807, 2.05) is 0 Å². The second-order valence-electron chi connectivity index (χ2n) is 8.40. The highest BCUT2D eigenvalue weighted by molar-refractivity contribution is 7.92. The Morgan fingerprint density at radius 2 is 1.65 bits per heavy atom. The van der Waals surface area contributed by atoms with Crippen molar-refractivity contribution in [3.05, 3.63) is 78.1 Å². The average Bonchev–Trinajstić information content (AvgIpc) is 3.17. The van der Waals surface area contributed by atoms with Crippen LogP contribution < -0.4 is 19.5 Å². The summed E-state index contributed by atoms with van der Waals surface area (Å²) in [5.41, 5.74) is 0.462. The summed E-state index contributed by atoms with van der Waals surface area (Å²) in [5.74, 6) is -0.582. The maximum atomic E-state index is 13.9. The minimum Gasteiger partial charge on any atom is -0.448 e. The van der Waals surface area contributed by atoms with Crippen LogP contribution in [0.15, 0.2) is 71.6 Å². The summed E-state index contributed by atoms with van der Waals surface area (Å²) >= 11 is 0. The number of para-hydroxylation sites is 1. The van der Waals surface area contributed by atoms with Gasteiger partial charge in [-0.15, -0.1) is 0 Å². The standard InChI is InChI=1S/C25H23FN2O5S/c26-20-9-2-3-10-21(20)28-34(30,31)19-8-6-7-17(15-19)24(29)27-18-11-12-22-23(16-18)33-25(32-22)13-4-1-5-14-25/h2-3,6-12,15-16,28H,1,4-5,13-14H2,(H,27,29).